The van der Waals surface area contributed by atoms with Crippen LogP contribution >= 0.6 is 0 Å². The van der Waals surface area contributed by atoms with Gasteiger partial charge in [-0.3, -0.25) is 9.78 Å². The molecule has 0 radical (unpaired) electrons. The van der Waals surface area contributed by atoms with Gasteiger partial charge in [-0.15, -0.1) is 0 Å². The maximum absolute atomic E-state index is 12.0. The maximum atomic E-state index is 12.0. The molecule has 2 N–H and O–H groups in total. The van der Waals surface area contributed by atoms with Crippen LogP contribution < -0.4 is 10.0 Å². The molecule has 7 heteroatoms. The van der Waals surface area contributed by atoms with E-state index < -0.39 is 10.0 Å². The predicted octanol–water partition coefficient (Wildman–Crippen LogP) is 1.13. The minimum atomic E-state index is -3.60. The number of nitrogens with zero attached hydrogens (tertiary/aromatic N) is 1. The van der Waals surface area contributed by atoms with Crippen LogP contribution in [0.4, 0.5) is 5.69 Å². The van der Waals surface area contributed by atoms with Gasteiger partial charge in [0, 0.05) is 11.9 Å². The number of aromatic nitrogens is 1. The predicted molar refractivity (Wildman–Crippen MR) is 74.4 cm³/mol. The Labute approximate surface area is 116 Å². The molecule has 0 aliphatic rings. The summed E-state index contributed by atoms with van der Waals surface area (Å²) in [6.45, 7) is 0.123. The summed E-state index contributed by atoms with van der Waals surface area (Å²) in [7, 11) is -3.60. The zero-order valence-electron chi connectivity index (χ0n) is 10.5. The van der Waals surface area contributed by atoms with E-state index in [1.807, 2.05) is 0 Å². The molecule has 2 rings (SSSR count). The molecular weight excluding hydrogens is 278 g/mol. The Balaban J connectivity index is 2.08. The third-order valence-electron chi connectivity index (χ3n) is 2.56. The zero-order valence-corrected chi connectivity index (χ0v) is 11.3. The molecule has 0 bridgehead atoms. The molecular formula is C13H13N3O3S. The molecule has 1 aromatic carbocycles. The van der Waals surface area contributed by atoms with E-state index >= 15 is 0 Å². The lowest BCUT2D eigenvalue weighted by molar-refractivity contribution is -0.105. The number of amides is 1. The molecule has 1 amide bonds. The second kappa shape index (κ2) is 6.27. The number of carbonyl (C=O) groups excluding carboxylic acids is 1. The van der Waals surface area contributed by atoms with Crippen LogP contribution in [0, 0.1) is 0 Å². The Morgan fingerprint density at radius 1 is 1.10 bits per heavy atom. The minimum absolute atomic E-state index is 0.123. The maximum Gasteiger partial charge on any atom is 0.240 e. The fourth-order valence-corrected chi connectivity index (χ4v) is 2.55. The van der Waals surface area contributed by atoms with Gasteiger partial charge in [0.1, 0.15) is 0 Å². The van der Waals surface area contributed by atoms with Crippen molar-refractivity contribution in [2.75, 3.05) is 5.32 Å². The van der Waals surface area contributed by atoms with E-state index in [1.165, 1.54) is 24.3 Å². The molecule has 0 fully saturated rings. The summed E-state index contributed by atoms with van der Waals surface area (Å²) in [6, 6.07) is 11.2. The van der Waals surface area contributed by atoms with Crippen molar-refractivity contribution in [1.82, 2.24) is 9.71 Å². The molecule has 0 saturated heterocycles. The van der Waals surface area contributed by atoms with Crippen LogP contribution in [0.25, 0.3) is 0 Å². The van der Waals surface area contributed by atoms with Crippen molar-refractivity contribution >= 4 is 22.1 Å². The lowest BCUT2D eigenvalue weighted by atomic mass is 10.3. The first-order valence-corrected chi connectivity index (χ1v) is 7.30. The first-order valence-electron chi connectivity index (χ1n) is 5.81. The van der Waals surface area contributed by atoms with Crippen LogP contribution in [-0.2, 0) is 21.4 Å². The van der Waals surface area contributed by atoms with Gasteiger partial charge in [-0.2, -0.15) is 0 Å². The molecule has 104 valence electrons. The molecule has 0 spiro atoms. The summed E-state index contributed by atoms with van der Waals surface area (Å²) < 4.78 is 26.6. The smallest absolute Gasteiger partial charge is 0.240 e. The number of pyridine rings is 1. The van der Waals surface area contributed by atoms with Crippen molar-refractivity contribution in [3.05, 3.63) is 54.4 Å². The number of hydrogen-bond donors (Lipinski definition) is 2. The lowest BCUT2D eigenvalue weighted by Crippen LogP contribution is -2.23. The van der Waals surface area contributed by atoms with Crippen molar-refractivity contribution in [3.63, 3.8) is 0 Å². The Morgan fingerprint density at radius 2 is 1.85 bits per heavy atom. The van der Waals surface area contributed by atoms with E-state index in [-0.39, 0.29) is 11.4 Å². The van der Waals surface area contributed by atoms with Crippen molar-refractivity contribution in [1.29, 1.82) is 0 Å². The SMILES string of the molecule is O=CNc1ccc(S(=O)(=O)NCc2ccccn2)cc1. The fourth-order valence-electron chi connectivity index (χ4n) is 1.55. The zero-order chi connectivity index (χ0) is 14.4. The van der Waals surface area contributed by atoms with Gasteiger partial charge >= 0.3 is 0 Å². The standard InChI is InChI=1S/C13H13N3O3S/c17-10-15-11-4-6-13(7-5-11)20(18,19)16-9-12-3-1-2-8-14-12/h1-8,10,16H,9H2,(H,15,17). The van der Waals surface area contributed by atoms with Crippen LogP contribution in [0.2, 0.25) is 0 Å². The Hall–Kier alpha value is -2.25. The molecule has 0 unspecified atom stereocenters. The lowest BCUT2D eigenvalue weighted by Gasteiger charge is -2.07. The molecule has 1 heterocycles. The van der Waals surface area contributed by atoms with Crippen LogP contribution in [0.3, 0.4) is 0 Å². The van der Waals surface area contributed by atoms with Gasteiger partial charge in [0.2, 0.25) is 16.4 Å². The topological polar surface area (TPSA) is 88.2 Å². The van der Waals surface area contributed by atoms with Crippen LogP contribution in [0.15, 0.2) is 53.6 Å². The van der Waals surface area contributed by atoms with E-state index in [2.05, 4.69) is 15.0 Å². The van der Waals surface area contributed by atoms with Crippen molar-refractivity contribution in [2.45, 2.75) is 11.4 Å². The number of rotatable bonds is 6. The molecule has 0 aliphatic heterocycles. The molecule has 6 nitrogen and oxygen atoms in total. The van der Waals surface area contributed by atoms with Gasteiger partial charge in [0.25, 0.3) is 0 Å². The number of benzene rings is 1. The van der Waals surface area contributed by atoms with Crippen LogP contribution in [0.1, 0.15) is 5.69 Å². The highest BCUT2D eigenvalue weighted by Crippen LogP contribution is 2.13. The van der Waals surface area contributed by atoms with Gasteiger partial charge in [-0.25, -0.2) is 13.1 Å². The van der Waals surface area contributed by atoms with Crippen LogP contribution in [-0.4, -0.2) is 19.8 Å². The van der Waals surface area contributed by atoms with Gasteiger partial charge in [-0.05, 0) is 36.4 Å². The Bertz CT molecular complexity index is 670. The molecule has 2 aromatic rings. The Morgan fingerprint density at radius 3 is 2.45 bits per heavy atom. The van der Waals surface area contributed by atoms with Crippen molar-refractivity contribution < 1.29 is 13.2 Å². The summed E-state index contributed by atoms with van der Waals surface area (Å²) in [5.74, 6) is 0. The van der Waals surface area contributed by atoms with Gasteiger partial charge < -0.3 is 5.32 Å². The fraction of sp³-hybridized carbons (Fsp3) is 0.0769. The highest BCUT2D eigenvalue weighted by molar-refractivity contribution is 7.89. The first-order chi connectivity index (χ1) is 9.62. The number of nitrogens with one attached hydrogen (secondary N) is 2. The number of sulfonamides is 1. The Kier molecular flexibility index (Phi) is 4.44. The summed E-state index contributed by atoms with van der Waals surface area (Å²) >= 11 is 0. The van der Waals surface area contributed by atoms with Crippen LogP contribution in [0.5, 0.6) is 0 Å². The number of anilines is 1. The van der Waals surface area contributed by atoms with Crippen molar-refractivity contribution in [2.24, 2.45) is 0 Å². The van der Waals surface area contributed by atoms with E-state index in [9.17, 15) is 13.2 Å². The third-order valence-corrected chi connectivity index (χ3v) is 3.98. The van der Waals surface area contributed by atoms with E-state index in [1.54, 1.807) is 24.4 Å². The monoisotopic (exact) mass is 291 g/mol. The molecule has 0 aliphatic carbocycles. The average molecular weight is 291 g/mol. The molecule has 20 heavy (non-hydrogen) atoms. The second-order valence-electron chi connectivity index (χ2n) is 3.93. The number of hydrogen-bond acceptors (Lipinski definition) is 4. The van der Waals surface area contributed by atoms with Gasteiger partial charge in [0.05, 0.1) is 17.1 Å². The van der Waals surface area contributed by atoms with E-state index in [0.29, 0.717) is 17.8 Å². The van der Waals surface area contributed by atoms with Gasteiger partial charge in [0.15, 0.2) is 0 Å². The molecule has 0 atom stereocenters. The normalized spacial score (nSPS) is 11.0. The highest BCUT2D eigenvalue weighted by Gasteiger charge is 2.13. The van der Waals surface area contributed by atoms with E-state index in [0.717, 1.165) is 0 Å². The summed E-state index contributed by atoms with van der Waals surface area (Å²) in [5.41, 5.74) is 1.17. The average Bonchev–Trinajstić information content (AvgIpc) is 2.47. The summed E-state index contributed by atoms with van der Waals surface area (Å²) in [6.07, 6.45) is 2.13. The quantitative estimate of drug-likeness (QED) is 0.781. The largest absolute Gasteiger partial charge is 0.329 e. The summed E-state index contributed by atoms with van der Waals surface area (Å²) in [5, 5.41) is 2.44. The second-order valence-corrected chi connectivity index (χ2v) is 5.70. The van der Waals surface area contributed by atoms with E-state index in [4.69, 9.17) is 0 Å². The summed E-state index contributed by atoms with van der Waals surface area (Å²) in [4.78, 5) is 14.4. The van der Waals surface area contributed by atoms with Gasteiger partial charge in [-0.1, -0.05) is 6.07 Å². The molecule has 0 saturated carbocycles. The third kappa shape index (κ3) is 3.62. The highest BCUT2D eigenvalue weighted by atomic mass is 32.2. The molecule has 1 aromatic heterocycles. The first kappa shape index (κ1) is 14.2. The van der Waals surface area contributed by atoms with Crippen molar-refractivity contribution in [3.8, 4) is 0 Å². The number of carbonyl (C=O) groups is 1. The minimum Gasteiger partial charge on any atom is -0.329 e.